The van der Waals surface area contributed by atoms with Gasteiger partial charge in [-0.15, -0.1) is 0 Å². The molecule has 0 radical (unpaired) electrons. The summed E-state index contributed by atoms with van der Waals surface area (Å²) < 4.78 is 0. The molecule has 5 rings (SSSR count). The van der Waals surface area contributed by atoms with Crippen molar-refractivity contribution in [2.75, 3.05) is 38.1 Å². The molecule has 2 heteroatoms. The van der Waals surface area contributed by atoms with Crippen LogP contribution in [0.1, 0.15) is 54.4 Å². The summed E-state index contributed by atoms with van der Waals surface area (Å²) >= 11 is 0. The van der Waals surface area contributed by atoms with Gasteiger partial charge in [-0.05, 0) is 60.4 Å². The largest absolute Gasteiger partial charge is 0.369 e. The SMILES string of the molecule is CC.CC.CC1C=C(C2=CC3CC3(C)C=C2)C=CC1.CN1CCN(c2ccccc2)CC1. The minimum atomic E-state index is 0.508. The fraction of sp³-hybridized carbons (Fsp3) is 0.533. The van der Waals surface area contributed by atoms with Gasteiger partial charge in [0.2, 0.25) is 0 Å². The third-order valence-electron chi connectivity index (χ3n) is 6.60. The van der Waals surface area contributed by atoms with Crippen molar-refractivity contribution in [3.8, 4) is 0 Å². The molecule has 0 amide bonds. The molecule has 1 aromatic carbocycles. The zero-order chi connectivity index (χ0) is 23.6. The topological polar surface area (TPSA) is 6.48 Å². The van der Waals surface area contributed by atoms with E-state index in [9.17, 15) is 0 Å². The van der Waals surface area contributed by atoms with Crippen LogP contribution in [0.15, 0.2) is 77.9 Å². The zero-order valence-electron chi connectivity index (χ0n) is 21.6. The molecular formula is C30H46N2. The molecule has 3 atom stereocenters. The molecule has 32 heavy (non-hydrogen) atoms. The lowest BCUT2D eigenvalue weighted by molar-refractivity contribution is 0.313. The van der Waals surface area contributed by atoms with Gasteiger partial charge in [-0.1, -0.05) is 96.2 Å². The Hall–Kier alpha value is -2.06. The molecule has 3 aliphatic carbocycles. The summed E-state index contributed by atoms with van der Waals surface area (Å²) in [6.45, 7) is 17.3. The predicted octanol–water partition coefficient (Wildman–Crippen LogP) is 7.52. The van der Waals surface area contributed by atoms with E-state index in [-0.39, 0.29) is 0 Å². The second-order valence-corrected chi connectivity index (χ2v) is 9.14. The summed E-state index contributed by atoms with van der Waals surface area (Å²) in [5.41, 5.74) is 4.74. The van der Waals surface area contributed by atoms with E-state index in [0.29, 0.717) is 11.3 Å². The molecule has 0 spiro atoms. The highest BCUT2D eigenvalue weighted by molar-refractivity contribution is 5.52. The van der Waals surface area contributed by atoms with Gasteiger partial charge in [0.15, 0.2) is 0 Å². The number of hydrogen-bond acceptors (Lipinski definition) is 2. The van der Waals surface area contributed by atoms with Crippen LogP contribution in [0.2, 0.25) is 0 Å². The average molecular weight is 435 g/mol. The first-order chi connectivity index (χ1) is 15.5. The molecule has 1 saturated heterocycles. The minimum absolute atomic E-state index is 0.508. The van der Waals surface area contributed by atoms with Gasteiger partial charge in [0.05, 0.1) is 0 Å². The number of likely N-dealkylation sites (N-methyl/N-ethyl adjacent to an activating group) is 1. The van der Waals surface area contributed by atoms with Crippen LogP contribution >= 0.6 is 0 Å². The van der Waals surface area contributed by atoms with E-state index in [0.717, 1.165) is 19.0 Å². The lowest BCUT2D eigenvalue weighted by Gasteiger charge is -2.33. The first-order valence-electron chi connectivity index (χ1n) is 12.8. The van der Waals surface area contributed by atoms with Crippen molar-refractivity contribution >= 4 is 5.69 Å². The monoisotopic (exact) mass is 434 g/mol. The predicted molar refractivity (Wildman–Crippen MR) is 143 cm³/mol. The fourth-order valence-electron chi connectivity index (χ4n) is 4.34. The molecular weight excluding hydrogens is 388 g/mol. The molecule has 0 aromatic heterocycles. The van der Waals surface area contributed by atoms with Gasteiger partial charge in [0.25, 0.3) is 0 Å². The van der Waals surface area contributed by atoms with E-state index in [1.807, 2.05) is 27.7 Å². The van der Waals surface area contributed by atoms with Gasteiger partial charge in [0, 0.05) is 31.9 Å². The van der Waals surface area contributed by atoms with E-state index >= 15 is 0 Å². The number of para-hydroxylation sites is 1. The van der Waals surface area contributed by atoms with Gasteiger partial charge in [-0.3, -0.25) is 0 Å². The Morgan fingerprint density at radius 1 is 0.844 bits per heavy atom. The Bertz CT molecular complexity index is 793. The summed E-state index contributed by atoms with van der Waals surface area (Å²) in [5, 5.41) is 0. The van der Waals surface area contributed by atoms with E-state index in [2.05, 4.69) is 97.5 Å². The highest BCUT2D eigenvalue weighted by Gasteiger charge is 2.47. The van der Waals surface area contributed by atoms with Crippen molar-refractivity contribution in [1.82, 2.24) is 4.90 Å². The van der Waals surface area contributed by atoms with Crippen LogP contribution in [0.3, 0.4) is 0 Å². The molecule has 176 valence electrons. The van der Waals surface area contributed by atoms with Crippen molar-refractivity contribution < 1.29 is 0 Å². The van der Waals surface area contributed by atoms with Crippen molar-refractivity contribution in [3.05, 3.63) is 77.9 Å². The Morgan fingerprint density at radius 3 is 2.06 bits per heavy atom. The number of benzene rings is 1. The number of anilines is 1. The number of fused-ring (bicyclic) bond motifs is 1. The van der Waals surface area contributed by atoms with Gasteiger partial charge in [-0.2, -0.15) is 0 Å². The van der Waals surface area contributed by atoms with Crippen LogP contribution in [0, 0.1) is 17.3 Å². The maximum atomic E-state index is 2.47. The number of rotatable bonds is 2. The molecule has 1 saturated carbocycles. The molecule has 0 N–H and O–H groups in total. The van der Waals surface area contributed by atoms with Gasteiger partial charge < -0.3 is 9.80 Å². The molecule has 0 bridgehead atoms. The summed E-state index contributed by atoms with van der Waals surface area (Å²) in [6, 6.07) is 10.7. The number of hydrogen-bond donors (Lipinski definition) is 0. The molecule has 1 aromatic rings. The molecule has 4 aliphatic rings. The standard InChI is InChI=1S/C15H18.C11H16N2.2C2H6/c1-11-4-3-5-12(8-11)13-6-7-15(2)10-14(15)9-13;1-12-7-9-13(10-8-12)11-5-3-2-4-6-11;2*1-2/h3,5-9,11,14H,4,10H2,1-2H3;2-6H,7-10H2,1H3;2*1-2H3. The summed E-state index contributed by atoms with van der Waals surface area (Å²) in [4.78, 5) is 4.82. The highest BCUT2D eigenvalue weighted by atomic mass is 15.2. The Balaban J connectivity index is 0.000000198. The van der Waals surface area contributed by atoms with Crippen LogP contribution in [0.25, 0.3) is 0 Å². The van der Waals surface area contributed by atoms with Crippen LogP contribution in [0.4, 0.5) is 5.69 Å². The Kier molecular flexibility index (Phi) is 10.5. The normalized spacial score (nSPS) is 27.8. The second kappa shape index (κ2) is 12.8. The minimum Gasteiger partial charge on any atom is -0.369 e. The van der Waals surface area contributed by atoms with Gasteiger partial charge >= 0.3 is 0 Å². The molecule has 2 nitrogen and oxygen atoms in total. The summed E-state index contributed by atoms with van der Waals surface area (Å²) in [7, 11) is 2.18. The van der Waals surface area contributed by atoms with Crippen molar-refractivity contribution in [1.29, 1.82) is 0 Å². The molecule has 3 unspecified atom stereocenters. The summed E-state index contributed by atoms with van der Waals surface area (Å²) in [6.07, 6.45) is 16.7. The highest BCUT2D eigenvalue weighted by Crippen LogP contribution is 2.57. The van der Waals surface area contributed by atoms with E-state index < -0.39 is 0 Å². The lowest BCUT2D eigenvalue weighted by atomic mass is 9.89. The van der Waals surface area contributed by atoms with Crippen LogP contribution in [-0.2, 0) is 0 Å². The third-order valence-corrected chi connectivity index (χ3v) is 6.60. The van der Waals surface area contributed by atoms with Crippen LogP contribution < -0.4 is 4.90 Å². The van der Waals surface area contributed by atoms with E-state index in [1.165, 1.54) is 42.8 Å². The van der Waals surface area contributed by atoms with Crippen LogP contribution in [-0.4, -0.2) is 38.1 Å². The van der Waals surface area contributed by atoms with Gasteiger partial charge in [-0.25, -0.2) is 0 Å². The summed E-state index contributed by atoms with van der Waals surface area (Å²) in [5.74, 6) is 1.51. The maximum absolute atomic E-state index is 2.47. The quantitative estimate of drug-likeness (QED) is 0.475. The van der Waals surface area contributed by atoms with Crippen molar-refractivity contribution in [2.24, 2.45) is 17.3 Å². The van der Waals surface area contributed by atoms with Crippen molar-refractivity contribution in [2.45, 2.75) is 54.4 Å². The van der Waals surface area contributed by atoms with Crippen molar-refractivity contribution in [3.63, 3.8) is 0 Å². The first-order valence-corrected chi connectivity index (χ1v) is 12.8. The number of allylic oxidation sites excluding steroid dienone is 8. The van der Waals surface area contributed by atoms with Gasteiger partial charge in [0.1, 0.15) is 0 Å². The van der Waals surface area contributed by atoms with Crippen LogP contribution in [0.5, 0.6) is 0 Å². The first kappa shape index (κ1) is 26.2. The van der Waals surface area contributed by atoms with E-state index in [4.69, 9.17) is 0 Å². The number of nitrogens with zero attached hydrogens (tertiary/aromatic N) is 2. The third kappa shape index (κ3) is 7.24. The smallest absolute Gasteiger partial charge is 0.0367 e. The van der Waals surface area contributed by atoms with E-state index in [1.54, 1.807) is 0 Å². The molecule has 1 heterocycles. The fourth-order valence-corrected chi connectivity index (χ4v) is 4.34. The number of piperazine rings is 1. The zero-order valence-corrected chi connectivity index (χ0v) is 21.6. The second-order valence-electron chi connectivity index (χ2n) is 9.14. The maximum Gasteiger partial charge on any atom is 0.0367 e. The average Bonchev–Trinajstić information content (AvgIpc) is 3.54. The Labute approximate surface area is 198 Å². The lowest BCUT2D eigenvalue weighted by Crippen LogP contribution is -2.44. The molecule has 2 fully saturated rings. The molecule has 1 aliphatic heterocycles. The Morgan fingerprint density at radius 2 is 1.47 bits per heavy atom.